The molecule has 0 radical (unpaired) electrons. The third-order valence-electron chi connectivity index (χ3n) is 3.91. The monoisotopic (exact) mass is 295 g/mol. The van der Waals surface area contributed by atoms with Crippen LogP contribution >= 0.6 is 11.3 Å². The Bertz CT molecular complexity index is 470. The number of aryl methyl sites for hydroxylation is 1. The number of rotatable bonds is 5. The zero-order chi connectivity index (χ0) is 14.7. The summed E-state index contributed by atoms with van der Waals surface area (Å²) in [6.07, 6.45) is 5.29. The molecule has 1 unspecified atom stereocenters. The molecule has 0 aliphatic heterocycles. The fourth-order valence-corrected chi connectivity index (χ4v) is 3.78. The van der Waals surface area contributed by atoms with E-state index < -0.39 is 6.04 Å². The van der Waals surface area contributed by atoms with Gasteiger partial charge in [-0.3, -0.25) is 4.79 Å². The van der Waals surface area contributed by atoms with E-state index in [0.717, 1.165) is 23.9 Å². The average molecular weight is 295 g/mol. The molecule has 2 rings (SSSR count). The first-order valence-electron chi connectivity index (χ1n) is 7.54. The Labute approximate surface area is 125 Å². The molecule has 5 heteroatoms. The smallest absolute Gasteiger partial charge is 0.243 e. The lowest BCUT2D eigenvalue weighted by molar-refractivity contribution is -0.117. The first kappa shape index (κ1) is 15.4. The average Bonchev–Trinajstić information content (AvgIpc) is 2.78. The van der Waals surface area contributed by atoms with Crippen molar-refractivity contribution in [2.75, 3.05) is 5.32 Å². The van der Waals surface area contributed by atoms with E-state index in [0.29, 0.717) is 12.3 Å². The van der Waals surface area contributed by atoms with Crippen LogP contribution in [-0.4, -0.2) is 16.9 Å². The van der Waals surface area contributed by atoms with Gasteiger partial charge in [-0.2, -0.15) is 0 Å². The van der Waals surface area contributed by atoms with E-state index in [2.05, 4.69) is 31.1 Å². The van der Waals surface area contributed by atoms with Crippen LogP contribution in [0, 0.1) is 11.8 Å². The van der Waals surface area contributed by atoms with E-state index in [4.69, 9.17) is 5.73 Å². The highest BCUT2D eigenvalue weighted by Gasteiger charge is 2.23. The molecule has 0 aromatic carbocycles. The second-order valence-corrected chi connectivity index (χ2v) is 7.21. The lowest BCUT2D eigenvalue weighted by Gasteiger charge is -2.18. The van der Waals surface area contributed by atoms with Crippen LogP contribution in [0.3, 0.4) is 0 Å². The van der Waals surface area contributed by atoms with Crippen LogP contribution < -0.4 is 11.1 Å². The summed E-state index contributed by atoms with van der Waals surface area (Å²) in [4.78, 5) is 17.9. The number of carbonyl (C=O) groups is 1. The van der Waals surface area contributed by atoms with Crippen LogP contribution in [0.4, 0.5) is 5.13 Å². The topological polar surface area (TPSA) is 68.0 Å². The van der Waals surface area contributed by atoms with Gasteiger partial charge in [-0.25, -0.2) is 4.98 Å². The standard InChI is InChI=1S/C15H25N3OS/c1-4-10-5-6-12-13(8-10)20-15(17-12)18-14(19)11(16)7-9(2)3/h9-11H,4-8,16H2,1-3H3,(H,17,18,19)/t10?,11-/m0/s1. The van der Waals surface area contributed by atoms with Gasteiger partial charge >= 0.3 is 0 Å². The van der Waals surface area contributed by atoms with Crippen molar-refractivity contribution in [3.63, 3.8) is 0 Å². The van der Waals surface area contributed by atoms with E-state index >= 15 is 0 Å². The predicted octanol–water partition coefficient (Wildman–Crippen LogP) is 2.97. The largest absolute Gasteiger partial charge is 0.320 e. The van der Waals surface area contributed by atoms with Gasteiger partial charge in [0.05, 0.1) is 11.7 Å². The number of nitrogens with two attached hydrogens (primary N) is 1. The molecule has 20 heavy (non-hydrogen) atoms. The number of fused-ring (bicyclic) bond motifs is 1. The molecule has 2 atom stereocenters. The second-order valence-electron chi connectivity index (χ2n) is 6.13. The van der Waals surface area contributed by atoms with E-state index in [1.807, 2.05) is 0 Å². The molecule has 0 bridgehead atoms. The maximum Gasteiger partial charge on any atom is 0.243 e. The molecule has 1 aromatic heterocycles. The number of aromatic nitrogens is 1. The Morgan fingerprint density at radius 3 is 2.95 bits per heavy atom. The highest BCUT2D eigenvalue weighted by Crippen LogP contribution is 2.33. The molecule has 1 amide bonds. The number of hydrogen-bond acceptors (Lipinski definition) is 4. The van der Waals surface area contributed by atoms with Crippen molar-refractivity contribution in [2.24, 2.45) is 17.6 Å². The number of anilines is 1. The molecule has 0 saturated heterocycles. The Morgan fingerprint density at radius 1 is 1.55 bits per heavy atom. The van der Waals surface area contributed by atoms with E-state index in [1.54, 1.807) is 11.3 Å². The van der Waals surface area contributed by atoms with Crippen molar-refractivity contribution in [3.8, 4) is 0 Å². The van der Waals surface area contributed by atoms with Crippen LogP contribution in [-0.2, 0) is 17.6 Å². The predicted molar refractivity (Wildman–Crippen MR) is 84.0 cm³/mol. The Hall–Kier alpha value is -0.940. The maximum absolute atomic E-state index is 12.0. The number of nitrogens with one attached hydrogen (secondary N) is 1. The van der Waals surface area contributed by atoms with Crippen molar-refractivity contribution in [1.82, 2.24) is 4.98 Å². The van der Waals surface area contributed by atoms with Crippen molar-refractivity contribution < 1.29 is 4.79 Å². The first-order chi connectivity index (χ1) is 9.49. The molecule has 1 heterocycles. The number of carbonyl (C=O) groups excluding carboxylic acids is 1. The Balaban J connectivity index is 1.98. The van der Waals surface area contributed by atoms with Gasteiger partial charge in [0.25, 0.3) is 0 Å². The van der Waals surface area contributed by atoms with Crippen molar-refractivity contribution in [2.45, 2.75) is 58.9 Å². The highest BCUT2D eigenvalue weighted by molar-refractivity contribution is 7.15. The molecule has 0 spiro atoms. The van der Waals surface area contributed by atoms with Gasteiger partial charge in [0.1, 0.15) is 0 Å². The van der Waals surface area contributed by atoms with Gasteiger partial charge in [0.15, 0.2) is 5.13 Å². The second kappa shape index (κ2) is 6.68. The van der Waals surface area contributed by atoms with Gasteiger partial charge in [0.2, 0.25) is 5.91 Å². The highest BCUT2D eigenvalue weighted by atomic mass is 32.1. The summed E-state index contributed by atoms with van der Waals surface area (Å²) >= 11 is 1.62. The van der Waals surface area contributed by atoms with Crippen molar-refractivity contribution in [3.05, 3.63) is 10.6 Å². The van der Waals surface area contributed by atoms with Crippen LogP contribution in [0.5, 0.6) is 0 Å². The molecule has 4 nitrogen and oxygen atoms in total. The van der Waals surface area contributed by atoms with Crippen molar-refractivity contribution >= 4 is 22.4 Å². The molecule has 1 aromatic rings. The van der Waals surface area contributed by atoms with Gasteiger partial charge in [-0.1, -0.05) is 27.2 Å². The van der Waals surface area contributed by atoms with E-state index in [-0.39, 0.29) is 5.91 Å². The van der Waals surface area contributed by atoms with E-state index in [1.165, 1.54) is 23.4 Å². The number of nitrogens with zero attached hydrogens (tertiary/aromatic N) is 1. The van der Waals surface area contributed by atoms with Crippen LogP contribution in [0.2, 0.25) is 0 Å². The number of thiazole rings is 1. The van der Waals surface area contributed by atoms with Gasteiger partial charge in [-0.15, -0.1) is 11.3 Å². The van der Waals surface area contributed by atoms with Gasteiger partial charge < -0.3 is 11.1 Å². The van der Waals surface area contributed by atoms with Crippen molar-refractivity contribution in [1.29, 1.82) is 0 Å². The quantitative estimate of drug-likeness (QED) is 0.877. The zero-order valence-corrected chi connectivity index (χ0v) is 13.4. The summed E-state index contributed by atoms with van der Waals surface area (Å²) in [5.74, 6) is 1.08. The third kappa shape index (κ3) is 3.79. The minimum atomic E-state index is -0.445. The molecular weight excluding hydrogens is 270 g/mol. The first-order valence-corrected chi connectivity index (χ1v) is 8.36. The molecule has 1 aliphatic rings. The molecule has 3 N–H and O–H groups in total. The summed E-state index contributed by atoms with van der Waals surface area (Å²) in [5.41, 5.74) is 7.07. The minimum absolute atomic E-state index is 0.114. The maximum atomic E-state index is 12.0. The van der Waals surface area contributed by atoms with Crippen LogP contribution in [0.15, 0.2) is 0 Å². The Kier molecular flexibility index (Phi) is 5.16. The fraction of sp³-hybridized carbons (Fsp3) is 0.733. The minimum Gasteiger partial charge on any atom is -0.320 e. The fourth-order valence-electron chi connectivity index (χ4n) is 2.66. The lowest BCUT2D eigenvalue weighted by atomic mass is 9.89. The van der Waals surface area contributed by atoms with E-state index in [9.17, 15) is 4.79 Å². The summed E-state index contributed by atoms with van der Waals surface area (Å²) in [6, 6.07) is -0.445. The SMILES string of the molecule is CCC1CCc2nc(NC(=O)[C@@H](N)CC(C)C)sc2C1. The molecule has 0 fully saturated rings. The number of amides is 1. The van der Waals surface area contributed by atoms with Crippen LogP contribution in [0.1, 0.15) is 50.6 Å². The molecular formula is C15H25N3OS. The third-order valence-corrected chi connectivity index (χ3v) is 4.95. The lowest BCUT2D eigenvalue weighted by Crippen LogP contribution is -2.36. The number of hydrogen-bond donors (Lipinski definition) is 2. The zero-order valence-electron chi connectivity index (χ0n) is 12.6. The van der Waals surface area contributed by atoms with Gasteiger partial charge in [0, 0.05) is 4.88 Å². The molecule has 112 valence electrons. The van der Waals surface area contributed by atoms with Crippen LogP contribution in [0.25, 0.3) is 0 Å². The summed E-state index contributed by atoms with van der Waals surface area (Å²) in [5, 5.41) is 3.60. The summed E-state index contributed by atoms with van der Waals surface area (Å²) < 4.78 is 0. The normalized spacial score (nSPS) is 19.8. The summed E-state index contributed by atoms with van der Waals surface area (Å²) in [6.45, 7) is 6.38. The van der Waals surface area contributed by atoms with Gasteiger partial charge in [-0.05, 0) is 37.5 Å². The Morgan fingerprint density at radius 2 is 2.30 bits per heavy atom. The summed E-state index contributed by atoms with van der Waals surface area (Å²) in [7, 11) is 0. The molecule has 1 aliphatic carbocycles. The molecule has 0 saturated carbocycles.